The second-order valence-corrected chi connectivity index (χ2v) is 7.21. The van der Waals surface area contributed by atoms with Crippen LogP contribution in [0.5, 0.6) is 5.75 Å². The van der Waals surface area contributed by atoms with E-state index in [1.165, 1.54) is 24.8 Å². The molecule has 0 fully saturated rings. The van der Waals surface area contributed by atoms with Crippen molar-refractivity contribution in [3.05, 3.63) is 60.2 Å². The van der Waals surface area contributed by atoms with E-state index in [1.54, 1.807) is 12.1 Å². The van der Waals surface area contributed by atoms with Crippen LogP contribution in [0.1, 0.15) is 12.0 Å². The molecule has 7 heteroatoms. The van der Waals surface area contributed by atoms with Gasteiger partial charge < -0.3 is 10.1 Å². The lowest BCUT2D eigenvalue weighted by molar-refractivity contribution is -0.119. The van der Waals surface area contributed by atoms with E-state index in [1.807, 2.05) is 30.3 Å². The topological polar surface area (TPSA) is 84.5 Å². The first-order valence-electron chi connectivity index (χ1n) is 7.95. The fourth-order valence-electron chi connectivity index (χ4n) is 2.23. The quantitative estimate of drug-likeness (QED) is 0.665. The van der Waals surface area contributed by atoms with E-state index in [-0.39, 0.29) is 17.3 Å². The summed E-state index contributed by atoms with van der Waals surface area (Å²) in [5, 5.41) is 2.71. The summed E-state index contributed by atoms with van der Waals surface area (Å²) < 4.78 is 31.5. The Hall–Kier alpha value is -2.38. The summed E-state index contributed by atoms with van der Waals surface area (Å²) in [6, 6.07) is 15.9. The Morgan fingerprint density at radius 3 is 2.36 bits per heavy atom. The molecule has 0 unspecified atom stereocenters. The van der Waals surface area contributed by atoms with Gasteiger partial charge in [-0.05, 0) is 42.7 Å². The number of nitrogens with one attached hydrogen (secondary N) is 2. The summed E-state index contributed by atoms with van der Waals surface area (Å²) >= 11 is 0. The lowest BCUT2D eigenvalue weighted by Crippen LogP contribution is -2.37. The summed E-state index contributed by atoms with van der Waals surface area (Å²) in [5.41, 5.74) is 1.21. The molecule has 1 amide bonds. The minimum atomic E-state index is -3.72. The Morgan fingerprint density at radius 2 is 1.72 bits per heavy atom. The molecule has 2 rings (SSSR count). The van der Waals surface area contributed by atoms with Crippen LogP contribution in [0.15, 0.2) is 59.5 Å². The van der Waals surface area contributed by atoms with Crippen LogP contribution in [0.3, 0.4) is 0 Å². The number of methoxy groups -OCH3 is 1. The number of aryl methyl sites for hydroxylation is 1. The average molecular weight is 362 g/mol. The van der Waals surface area contributed by atoms with Crippen molar-refractivity contribution < 1.29 is 17.9 Å². The van der Waals surface area contributed by atoms with E-state index in [0.717, 1.165) is 12.8 Å². The molecule has 134 valence electrons. The Labute approximate surface area is 148 Å². The highest BCUT2D eigenvalue weighted by molar-refractivity contribution is 7.89. The van der Waals surface area contributed by atoms with Gasteiger partial charge in [-0.2, -0.15) is 0 Å². The van der Waals surface area contributed by atoms with Gasteiger partial charge in [0.05, 0.1) is 18.6 Å². The highest BCUT2D eigenvalue weighted by atomic mass is 32.2. The van der Waals surface area contributed by atoms with Crippen molar-refractivity contribution in [2.45, 2.75) is 17.7 Å². The summed E-state index contributed by atoms with van der Waals surface area (Å²) in [5.74, 6) is 0.209. The largest absolute Gasteiger partial charge is 0.497 e. The maximum absolute atomic E-state index is 12.1. The van der Waals surface area contributed by atoms with Crippen LogP contribution in [0.25, 0.3) is 0 Å². The van der Waals surface area contributed by atoms with Gasteiger partial charge in [0.1, 0.15) is 5.75 Å². The highest BCUT2D eigenvalue weighted by Crippen LogP contribution is 2.14. The maximum atomic E-state index is 12.1. The SMILES string of the molecule is COc1ccc(S(=O)(=O)NCC(=O)NCCCc2ccccc2)cc1. The predicted octanol–water partition coefficient (Wildman–Crippen LogP) is 1.72. The number of ether oxygens (including phenoxy) is 1. The molecule has 0 aliphatic carbocycles. The van der Waals surface area contributed by atoms with Crippen molar-refractivity contribution in [1.82, 2.24) is 10.0 Å². The van der Waals surface area contributed by atoms with E-state index < -0.39 is 10.0 Å². The average Bonchev–Trinajstić information content (AvgIpc) is 2.64. The molecule has 0 heterocycles. The van der Waals surface area contributed by atoms with Gasteiger partial charge in [0.15, 0.2) is 0 Å². The van der Waals surface area contributed by atoms with Crippen LogP contribution in [0, 0.1) is 0 Å². The van der Waals surface area contributed by atoms with Gasteiger partial charge in [-0.15, -0.1) is 0 Å². The zero-order valence-corrected chi connectivity index (χ0v) is 14.9. The summed E-state index contributed by atoms with van der Waals surface area (Å²) in [7, 11) is -2.22. The Kier molecular flexibility index (Phi) is 6.97. The second kappa shape index (κ2) is 9.19. The third-order valence-corrected chi connectivity index (χ3v) is 5.02. The molecule has 6 nitrogen and oxygen atoms in total. The standard InChI is InChI=1S/C18H22N2O4S/c1-24-16-9-11-17(12-10-16)25(22,23)20-14-18(21)19-13-5-8-15-6-3-2-4-7-15/h2-4,6-7,9-12,20H,5,8,13-14H2,1H3,(H,19,21). The van der Waals surface area contributed by atoms with Crippen LogP contribution in [0.2, 0.25) is 0 Å². The number of carbonyl (C=O) groups excluding carboxylic acids is 1. The number of benzene rings is 2. The minimum Gasteiger partial charge on any atom is -0.497 e. The number of hydrogen-bond donors (Lipinski definition) is 2. The Bertz CT molecular complexity index is 774. The molecule has 0 radical (unpaired) electrons. The molecule has 0 aromatic heterocycles. The summed E-state index contributed by atoms with van der Waals surface area (Å²) in [6.07, 6.45) is 1.65. The first-order valence-corrected chi connectivity index (χ1v) is 9.44. The molecular weight excluding hydrogens is 340 g/mol. The van der Waals surface area contributed by atoms with Crippen molar-refractivity contribution in [2.24, 2.45) is 0 Å². The zero-order chi connectivity index (χ0) is 18.1. The number of sulfonamides is 1. The molecule has 0 saturated heterocycles. The molecule has 0 atom stereocenters. The number of hydrogen-bond acceptors (Lipinski definition) is 4. The molecule has 0 aliphatic rings. The predicted molar refractivity (Wildman–Crippen MR) is 96.0 cm³/mol. The molecule has 0 saturated carbocycles. The second-order valence-electron chi connectivity index (χ2n) is 5.44. The number of amides is 1. The molecule has 2 aromatic carbocycles. The third kappa shape index (κ3) is 6.21. The summed E-state index contributed by atoms with van der Waals surface area (Å²) in [4.78, 5) is 11.9. The van der Waals surface area contributed by atoms with E-state index in [9.17, 15) is 13.2 Å². The first-order chi connectivity index (χ1) is 12.0. The molecular formula is C18H22N2O4S. The van der Waals surface area contributed by atoms with Gasteiger partial charge in [0.25, 0.3) is 0 Å². The van der Waals surface area contributed by atoms with Crippen LogP contribution in [0.4, 0.5) is 0 Å². The van der Waals surface area contributed by atoms with Crippen molar-refractivity contribution in [3.8, 4) is 5.75 Å². The smallest absolute Gasteiger partial charge is 0.241 e. The lowest BCUT2D eigenvalue weighted by atomic mass is 10.1. The molecule has 0 aliphatic heterocycles. The molecule has 2 N–H and O–H groups in total. The van der Waals surface area contributed by atoms with Gasteiger partial charge in [0.2, 0.25) is 15.9 Å². The van der Waals surface area contributed by atoms with Gasteiger partial charge in [0, 0.05) is 6.54 Å². The van der Waals surface area contributed by atoms with E-state index >= 15 is 0 Å². The summed E-state index contributed by atoms with van der Waals surface area (Å²) in [6.45, 7) is 0.206. The van der Waals surface area contributed by atoms with Crippen molar-refractivity contribution in [2.75, 3.05) is 20.2 Å². The zero-order valence-electron chi connectivity index (χ0n) is 14.1. The van der Waals surface area contributed by atoms with Gasteiger partial charge >= 0.3 is 0 Å². The van der Waals surface area contributed by atoms with Crippen LogP contribution in [-0.4, -0.2) is 34.5 Å². The van der Waals surface area contributed by atoms with Gasteiger partial charge in [-0.1, -0.05) is 30.3 Å². The van der Waals surface area contributed by atoms with Crippen molar-refractivity contribution in [1.29, 1.82) is 0 Å². The van der Waals surface area contributed by atoms with Crippen molar-refractivity contribution in [3.63, 3.8) is 0 Å². The van der Waals surface area contributed by atoms with E-state index in [0.29, 0.717) is 12.3 Å². The van der Waals surface area contributed by atoms with Crippen LogP contribution < -0.4 is 14.8 Å². The van der Waals surface area contributed by atoms with Gasteiger partial charge in [-0.25, -0.2) is 13.1 Å². The minimum absolute atomic E-state index is 0.0881. The number of carbonyl (C=O) groups is 1. The maximum Gasteiger partial charge on any atom is 0.241 e. The highest BCUT2D eigenvalue weighted by Gasteiger charge is 2.15. The fourth-order valence-corrected chi connectivity index (χ4v) is 3.21. The third-order valence-electron chi connectivity index (χ3n) is 3.60. The van der Waals surface area contributed by atoms with Gasteiger partial charge in [-0.3, -0.25) is 4.79 Å². The Morgan fingerprint density at radius 1 is 1.04 bits per heavy atom. The fraction of sp³-hybridized carbons (Fsp3) is 0.278. The van der Waals surface area contributed by atoms with E-state index in [2.05, 4.69) is 10.0 Å². The first kappa shape index (κ1) is 19.0. The van der Waals surface area contributed by atoms with Crippen LogP contribution in [-0.2, 0) is 21.2 Å². The lowest BCUT2D eigenvalue weighted by Gasteiger charge is -2.08. The Balaban J connectivity index is 1.73. The monoisotopic (exact) mass is 362 g/mol. The van der Waals surface area contributed by atoms with Crippen LogP contribution >= 0.6 is 0 Å². The van der Waals surface area contributed by atoms with E-state index in [4.69, 9.17) is 4.74 Å². The normalized spacial score (nSPS) is 11.1. The van der Waals surface area contributed by atoms with Crippen molar-refractivity contribution >= 4 is 15.9 Å². The number of rotatable bonds is 9. The molecule has 0 bridgehead atoms. The molecule has 2 aromatic rings. The molecule has 25 heavy (non-hydrogen) atoms. The molecule has 0 spiro atoms.